The van der Waals surface area contributed by atoms with Crippen LogP contribution in [0.4, 0.5) is 0 Å². The summed E-state index contributed by atoms with van der Waals surface area (Å²) in [6.45, 7) is -0.0365. The number of sulfonamides is 1. The molecule has 2 rings (SSSR count). The van der Waals surface area contributed by atoms with Crippen molar-refractivity contribution in [3.63, 3.8) is 0 Å². The Bertz CT molecular complexity index is 546. The van der Waals surface area contributed by atoms with Crippen LogP contribution in [0.3, 0.4) is 0 Å². The SMILES string of the molecule is O=C(O)c1cc(S(=O)(=O)NCC(O)C2CC2)cs1. The van der Waals surface area contributed by atoms with E-state index in [1.807, 2.05) is 0 Å². The molecule has 3 N–H and O–H groups in total. The Kier molecular flexibility index (Phi) is 3.71. The standard InChI is InChI=1S/C10H13NO5S2/c12-8(6-1-2-6)4-11-18(15,16)7-3-9(10(13)14)17-5-7/h3,5-6,8,11-12H,1-2,4H2,(H,13,14). The quantitative estimate of drug-likeness (QED) is 0.708. The van der Waals surface area contributed by atoms with Crippen LogP contribution in [-0.4, -0.2) is 37.2 Å². The summed E-state index contributed by atoms with van der Waals surface area (Å²) in [7, 11) is -3.74. The summed E-state index contributed by atoms with van der Waals surface area (Å²) in [5, 5.41) is 19.6. The molecule has 0 aromatic carbocycles. The average Bonchev–Trinajstić information content (AvgIpc) is 3.02. The van der Waals surface area contributed by atoms with Gasteiger partial charge in [-0.2, -0.15) is 0 Å². The van der Waals surface area contributed by atoms with E-state index in [0.717, 1.165) is 30.2 Å². The molecule has 1 fully saturated rings. The molecule has 0 spiro atoms. The Morgan fingerprint density at radius 1 is 1.56 bits per heavy atom. The second-order valence-electron chi connectivity index (χ2n) is 4.21. The van der Waals surface area contributed by atoms with E-state index in [2.05, 4.69) is 4.72 Å². The molecular formula is C10H13NO5S2. The Hall–Kier alpha value is -0.960. The first-order chi connectivity index (χ1) is 8.40. The number of aliphatic hydroxyl groups excluding tert-OH is 1. The van der Waals surface area contributed by atoms with Gasteiger partial charge in [-0.25, -0.2) is 17.9 Å². The third-order valence-electron chi connectivity index (χ3n) is 2.75. The van der Waals surface area contributed by atoms with Gasteiger partial charge in [-0.05, 0) is 24.8 Å². The lowest BCUT2D eigenvalue weighted by atomic mass is 10.2. The molecule has 8 heteroatoms. The highest BCUT2D eigenvalue weighted by Crippen LogP contribution is 2.32. The maximum atomic E-state index is 11.8. The van der Waals surface area contributed by atoms with Crippen LogP contribution in [0.1, 0.15) is 22.5 Å². The molecule has 100 valence electrons. The van der Waals surface area contributed by atoms with Gasteiger partial charge in [0.15, 0.2) is 0 Å². The molecule has 1 saturated carbocycles. The summed E-state index contributed by atoms with van der Waals surface area (Å²) in [6.07, 6.45) is 1.17. The smallest absolute Gasteiger partial charge is 0.345 e. The number of aromatic carboxylic acids is 1. The van der Waals surface area contributed by atoms with Gasteiger partial charge >= 0.3 is 5.97 Å². The molecule has 0 radical (unpaired) electrons. The van der Waals surface area contributed by atoms with E-state index >= 15 is 0 Å². The van der Waals surface area contributed by atoms with E-state index in [-0.39, 0.29) is 22.2 Å². The van der Waals surface area contributed by atoms with Crippen molar-refractivity contribution in [2.45, 2.75) is 23.8 Å². The van der Waals surface area contributed by atoms with Crippen LogP contribution in [0.2, 0.25) is 0 Å². The Morgan fingerprint density at radius 3 is 2.72 bits per heavy atom. The molecule has 1 heterocycles. The summed E-state index contributed by atoms with van der Waals surface area (Å²) in [6, 6.07) is 1.11. The van der Waals surface area contributed by atoms with Crippen LogP contribution in [0.5, 0.6) is 0 Å². The normalized spacial score (nSPS) is 17.6. The van der Waals surface area contributed by atoms with Gasteiger partial charge in [0.25, 0.3) is 0 Å². The monoisotopic (exact) mass is 291 g/mol. The third-order valence-corrected chi connectivity index (χ3v) is 5.22. The lowest BCUT2D eigenvalue weighted by Crippen LogP contribution is -2.33. The molecule has 0 bridgehead atoms. The second-order valence-corrected chi connectivity index (χ2v) is 6.89. The molecule has 1 aromatic rings. The molecule has 0 amide bonds. The fourth-order valence-electron chi connectivity index (χ4n) is 1.50. The molecule has 1 aliphatic carbocycles. The highest BCUT2D eigenvalue weighted by Gasteiger charge is 2.30. The second kappa shape index (κ2) is 4.96. The molecule has 0 saturated heterocycles. The topological polar surface area (TPSA) is 104 Å². The number of thiophene rings is 1. The van der Waals surface area contributed by atoms with Gasteiger partial charge < -0.3 is 10.2 Å². The minimum Gasteiger partial charge on any atom is -0.477 e. The van der Waals surface area contributed by atoms with Crippen molar-refractivity contribution >= 4 is 27.3 Å². The number of nitrogens with one attached hydrogen (secondary N) is 1. The number of carboxylic acid groups (broad SMARTS) is 1. The fraction of sp³-hybridized carbons (Fsp3) is 0.500. The minimum absolute atomic E-state index is 0.0295. The van der Waals surface area contributed by atoms with Crippen LogP contribution in [0, 0.1) is 5.92 Å². The van der Waals surface area contributed by atoms with E-state index in [0.29, 0.717) is 0 Å². The Balaban J connectivity index is 2.02. The maximum Gasteiger partial charge on any atom is 0.345 e. The van der Waals surface area contributed by atoms with Crippen molar-refractivity contribution in [3.05, 3.63) is 16.3 Å². The molecule has 18 heavy (non-hydrogen) atoms. The van der Waals surface area contributed by atoms with Crippen LogP contribution in [0.15, 0.2) is 16.3 Å². The fourth-order valence-corrected chi connectivity index (χ4v) is 3.66. The number of hydrogen-bond donors (Lipinski definition) is 3. The first-order valence-electron chi connectivity index (χ1n) is 5.39. The first kappa shape index (κ1) is 13.5. The van der Waals surface area contributed by atoms with Crippen LogP contribution in [-0.2, 0) is 10.0 Å². The Morgan fingerprint density at radius 2 is 2.22 bits per heavy atom. The largest absolute Gasteiger partial charge is 0.477 e. The van der Waals surface area contributed by atoms with Gasteiger partial charge in [-0.1, -0.05) is 0 Å². The van der Waals surface area contributed by atoms with E-state index in [9.17, 15) is 18.3 Å². The van der Waals surface area contributed by atoms with Crippen molar-refractivity contribution in [1.29, 1.82) is 0 Å². The van der Waals surface area contributed by atoms with Crippen molar-refractivity contribution < 1.29 is 23.4 Å². The summed E-state index contributed by atoms with van der Waals surface area (Å²) >= 11 is 0.856. The van der Waals surface area contributed by atoms with E-state index in [1.165, 1.54) is 5.38 Å². The zero-order chi connectivity index (χ0) is 13.3. The summed E-state index contributed by atoms with van der Waals surface area (Å²) in [5.41, 5.74) is 0. The van der Waals surface area contributed by atoms with Gasteiger partial charge in [0.05, 0.1) is 11.0 Å². The molecule has 1 aromatic heterocycles. The highest BCUT2D eigenvalue weighted by molar-refractivity contribution is 7.89. The summed E-state index contributed by atoms with van der Waals surface area (Å²) in [4.78, 5) is 10.6. The van der Waals surface area contributed by atoms with E-state index in [4.69, 9.17) is 5.11 Å². The molecule has 1 aliphatic rings. The van der Waals surface area contributed by atoms with Crippen LogP contribution >= 0.6 is 11.3 Å². The lowest BCUT2D eigenvalue weighted by Gasteiger charge is -2.10. The number of carboxylic acids is 1. The molecule has 6 nitrogen and oxygen atoms in total. The zero-order valence-electron chi connectivity index (χ0n) is 9.37. The average molecular weight is 291 g/mol. The summed E-state index contributed by atoms with van der Waals surface area (Å²) in [5.74, 6) is -0.968. The van der Waals surface area contributed by atoms with Gasteiger partial charge in [0.2, 0.25) is 10.0 Å². The third kappa shape index (κ3) is 3.08. The molecule has 1 atom stereocenters. The molecule has 1 unspecified atom stereocenters. The molecular weight excluding hydrogens is 278 g/mol. The van der Waals surface area contributed by atoms with Gasteiger partial charge in [0.1, 0.15) is 4.88 Å². The zero-order valence-corrected chi connectivity index (χ0v) is 11.0. The van der Waals surface area contributed by atoms with E-state index < -0.39 is 22.1 Å². The maximum absolute atomic E-state index is 11.8. The number of carbonyl (C=O) groups is 1. The van der Waals surface area contributed by atoms with Crippen molar-refractivity contribution in [1.82, 2.24) is 4.72 Å². The van der Waals surface area contributed by atoms with Crippen LogP contribution < -0.4 is 4.72 Å². The van der Waals surface area contributed by atoms with Gasteiger partial charge in [-0.3, -0.25) is 0 Å². The van der Waals surface area contributed by atoms with Crippen molar-refractivity contribution in [2.24, 2.45) is 5.92 Å². The molecule has 0 aliphatic heterocycles. The predicted octanol–water partition coefficient (Wildman–Crippen LogP) is 0.495. The van der Waals surface area contributed by atoms with Crippen molar-refractivity contribution in [2.75, 3.05) is 6.54 Å². The highest BCUT2D eigenvalue weighted by atomic mass is 32.2. The number of aliphatic hydroxyl groups is 1. The Labute approximate surface area is 108 Å². The summed E-state index contributed by atoms with van der Waals surface area (Å²) < 4.78 is 25.9. The van der Waals surface area contributed by atoms with Crippen molar-refractivity contribution in [3.8, 4) is 0 Å². The predicted molar refractivity (Wildman–Crippen MR) is 65.2 cm³/mol. The first-order valence-corrected chi connectivity index (χ1v) is 7.76. The number of rotatable bonds is 6. The van der Waals surface area contributed by atoms with Gasteiger partial charge in [-0.15, -0.1) is 11.3 Å². The van der Waals surface area contributed by atoms with E-state index in [1.54, 1.807) is 0 Å². The van der Waals surface area contributed by atoms with Gasteiger partial charge in [0, 0.05) is 11.9 Å². The minimum atomic E-state index is -3.74. The number of hydrogen-bond acceptors (Lipinski definition) is 5. The van der Waals surface area contributed by atoms with Crippen LogP contribution in [0.25, 0.3) is 0 Å². The lowest BCUT2D eigenvalue weighted by molar-refractivity contribution is 0.0702.